The molecule has 0 radical (unpaired) electrons. The molecule has 0 atom stereocenters. The number of hydrogen-bond donors (Lipinski definition) is 1. The third-order valence-electron chi connectivity index (χ3n) is 3.82. The summed E-state index contributed by atoms with van der Waals surface area (Å²) in [5, 5.41) is 3.40. The molecule has 0 fully saturated rings. The number of hydrogen-bond acceptors (Lipinski definition) is 3. The summed E-state index contributed by atoms with van der Waals surface area (Å²) in [6.07, 6.45) is 17.4. The zero-order valence-electron chi connectivity index (χ0n) is 15.2. The van der Waals surface area contributed by atoms with E-state index in [-0.39, 0.29) is 11.7 Å². The Morgan fingerprint density at radius 1 is 1.42 bits per heavy atom. The quantitative estimate of drug-likeness (QED) is 0.458. The summed E-state index contributed by atoms with van der Waals surface area (Å²) in [6, 6.07) is 0. The lowest BCUT2D eigenvalue weighted by atomic mass is 10.1. The van der Waals surface area contributed by atoms with E-state index in [2.05, 4.69) is 48.1 Å². The number of nitrogens with one attached hydrogen (secondary N) is 1. The Balaban J connectivity index is 2.65. The summed E-state index contributed by atoms with van der Waals surface area (Å²) in [5.74, 6) is 0.262. The molecule has 1 aliphatic rings. The van der Waals surface area contributed by atoms with E-state index in [4.69, 9.17) is 0 Å². The van der Waals surface area contributed by atoms with Crippen molar-refractivity contribution in [3.05, 3.63) is 60.0 Å². The molecule has 0 bridgehead atoms. The summed E-state index contributed by atoms with van der Waals surface area (Å²) in [7, 11) is 0. The zero-order valence-corrected chi connectivity index (χ0v) is 15.2. The lowest BCUT2D eigenvalue weighted by molar-refractivity contribution is -0.120. The van der Waals surface area contributed by atoms with Crippen molar-refractivity contribution in [2.75, 3.05) is 6.54 Å². The first-order chi connectivity index (χ1) is 11.6. The van der Waals surface area contributed by atoms with Crippen molar-refractivity contribution >= 4 is 12.0 Å². The van der Waals surface area contributed by atoms with Crippen LogP contribution in [0.4, 0.5) is 0 Å². The van der Waals surface area contributed by atoms with Crippen LogP contribution in [0.25, 0.3) is 0 Å². The Morgan fingerprint density at radius 2 is 2.21 bits per heavy atom. The van der Waals surface area contributed by atoms with Gasteiger partial charge in [-0.05, 0) is 31.4 Å². The number of ketones is 1. The van der Waals surface area contributed by atoms with Crippen LogP contribution < -0.4 is 5.32 Å². The van der Waals surface area contributed by atoms with Crippen molar-refractivity contribution in [1.82, 2.24) is 5.32 Å². The fourth-order valence-electron chi connectivity index (χ4n) is 2.12. The van der Waals surface area contributed by atoms with Crippen LogP contribution in [0.5, 0.6) is 0 Å². The topological polar surface area (TPSA) is 41.5 Å². The lowest BCUT2D eigenvalue weighted by Crippen LogP contribution is -2.15. The lowest BCUT2D eigenvalue weighted by Gasteiger charge is -2.07. The van der Waals surface area contributed by atoms with E-state index in [1.54, 1.807) is 6.21 Å². The molecule has 0 aromatic rings. The van der Waals surface area contributed by atoms with Gasteiger partial charge >= 0.3 is 0 Å². The van der Waals surface area contributed by atoms with Crippen LogP contribution in [0, 0.1) is 5.92 Å². The Kier molecular flexibility index (Phi) is 9.44. The monoisotopic (exact) mass is 326 g/mol. The van der Waals surface area contributed by atoms with Crippen molar-refractivity contribution in [2.45, 2.75) is 46.5 Å². The summed E-state index contributed by atoms with van der Waals surface area (Å²) < 4.78 is 0. The Morgan fingerprint density at radius 3 is 2.88 bits per heavy atom. The SMILES string of the molecule is C=CC/C=C(/CNC1=CC=C(CC)CC=C1)N=CCC(=O)C(C)C. The molecule has 0 aliphatic heterocycles. The van der Waals surface area contributed by atoms with Crippen molar-refractivity contribution in [1.29, 1.82) is 0 Å². The minimum atomic E-state index is 0.0519. The molecule has 0 unspecified atom stereocenters. The Hall–Kier alpha value is -2.16. The van der Waals surface area contributed by atoms with E-state index in [9.17, 15) is 4.79 Å². The van der Waals surface area contributed by atoms with Gasteiger partial charge < -0.3 is 5.32 Å². The van der Waals surface area contributed by atoms with E-state index < -0.39 is 0 Å². The maximum atomic E-state index is 11.7. The molecular formula is C21H30N2O. The van der Waals surface area contributed by atoms with Gasteiger partial charge in [-0.25, -0.2) is 0 Å². The molecule has 0 spiro atoms. The first-order valence-corrected chi connectivity index (χ1v) is 8.72. The number of carbonyl (C=O) groups is 1. The van der Waals surface area contributed by atoms with Crippen LogP contribution >= 0.6 is 0 Å². The standard InChI is InChI=1S/C21H30N2O/c1-5-7-10-20(22-15-14-21(24)17(3)4)16-23-19-11-8-9-18(6-2)12-13-19/h5,8,10-13,15,17,23H,1,6-7,9,14,16H2,2-4H3/b20-10-,22-15?. The van der Waals surface area contributed by atoms with Gasteiger partial charge in [-0.1, -0.05) is 50.6 Å². The minimum absolute atomic E-state index is 0.0519. The number of Topliss-reactive ketones (excluding diaryl/α,β-unsaturated/α-hetero) is 1. The Bertz CT molecular complexity index is 575. The number of nitrogens with zero attached hydrogens (tertiary/aromatic N) is 1. The first-order valence-electron chi connectivity index (χ1n) is 8.72. The van der Waals surface area contributed by atoms with Gasteiger partial charge in [-0.15, -0.1) is 6.58 Å². The second-order valence-electron chi connectivity index (χ2n) is 6.12. The molecule has 0 heterocycles. The van der Waals surface area contributed by atoms with Crippen LogP contribution in [-0.4, -0.2) is 18.5 Å². The average Bonchev–Trinajstić information content (AvgIpc) is 2.81. The molecule has 1 N–H and O–H groups in total. The third-order valence-corrected chi connectivity index (χ3v) is 3.82. The Labute approximate surface area is 146 Å². The maximum Gasteiger partial charge on any atom is 0.140 e. The molecule has 0 aromatic carbocycles. The zero-order chi connectivity index (χ0) is 17.8. The number of allylic oxidation sites excluding steroid dienone is 7. The maximum absolute atomic E-state index is 11.7. The highest BCUT2D eigenvalue weighted by Gasteiger charge is 2.04. The van der Waals surface area contributed by atoms with Gasteiger partial charge in [0.2, 0.25) is 0 Å². The van der Waals surface area contributed by atoms with E-state index in [0.29, 0.717) is 13.0 Å². The predicted octanol–water partition coefficient (Wildman–Crippen LogP) is 4.90. The van der Waals surface area contributed by atoms with Gasteiger partial charge in [0.05, 0.1) is 12.2 Å². The van der Waals surface area contributed by atoms with Crippen molar-refractivity contribution < 1.29 is 4.79 Å². The summed E-state index contributed by atoms with van der Waals surface area (Å²) >= 11 is 0. The molecular weight excluding hydrogens is 296 g/mol. The second kappa shape index (κ2) is 11.4. The first kappa shape index (κ1) is 19.9. The van der Waals surface area contributed by atoms with Gasteiger partial charge in [0.15, 0.2) is 0 Å². The highest BCUT2D eigenvalue weighted by Crippen LogP contribution is 2.13. The second-order valence-corrected chi connectivity index (χ2v) is 6.12. The van der Waals surface area contributed by atoms with Crippen LogP contribution in [0.2, 0.25) is 0 Å². The van der Waals surface area contributed by atoms with Crippen molar-refractivity contribution in [3.63, 3.8) is 0 Å². The van der Waals surface area contributed by atoms with E-state index in [1.807, 2.05) is 26.0 Å². The molecule has 130 valence electrons. The van der Waals surface area contributed by atoms with E-state index >= 15 is 0 Å². The van der Waals surface area contributed by atoms with Crippen LogP contribution in [0.1, 0.15) is 46.5 Å². The molecule has 1 aliphatic carbocycles. The van der Waals surface area contributed by atoms with Gasteiger partial charge in [0.25, 0.3) is 0 Å². The summed E-state index contributed by atoms with van der Waals surface area (Å²) in [4.78, 5) is 16.1. The molecule has 1 rings (SSSR count). The van der Waals surface area contributed by atoms with E-state index in [1.165, 1.54) is 5.57 Å². The van der Waals surface area contributed by atoms with Crippen molar-refractivity contribution in [2.24, 2.45) is 10.9 Å². The smallest absolute Gasteiger partial charge is 0.140 e. The molecule has 0 saturated carbocycles. The predicted molar refractivity (Wildman–Crippen MR) is 104 cm³/mol. The number of rotatable bonds is 10. The largest absolute Gasteiger partial charge is 0.379 e. The summed E-state index contributed by atoms with van der Waals surface area (Å²) in [5.41, 5.74) is 3.43. The third kappa shape index (κ3) is 7.91. The molecule has 24 heavy (non-hydrogen) atoms. The molecule has 0 saturated heterocycles. The fraction of sp³-hybridized carbons (Fsp3) is 0.429. The highest BCUT2D eigenvalue weighted by molar-refractivity contribution is 5.92. The molecule has 3 heteroatoms. The molecule has 0 aromatic heterocycles. The minimum Gasteiger partial charge on any atom is -0.379 e. The summed E-state index contributed by atoms with van der Waals surface area (Å²) in [6.45, 7) is 10.4. The number of aliphatic imine (C=N–C) groups is 1. The van der Waals surface area contributed by atoms with Gasteiger partial charge in [0, 0.05) is 24.3 Å². The molecule has 3 nitrogen and oxygen atoms in total. The van der Waals surface area contributed by atoms with Gasteiger partial charge in [-0.2, -0.15) is 0 Å². The normalized spacial score (nSPS) is 15.2. The van der Waals surface area contributed by atoms with Gasteiger partial charge in [-0.3, -0.25) is 9.79 Å². The van der Waals surface area contributed by atoms with Crippen molar-refractivity contribution in [3.8, 4) is 0 Å². The van der Waals surface area contributed by atoms with Crippen LogP contribution in [0.15, 0.2) is 65.0 Å². The van der Waals surface area contributed by atoms with E-state index in [0.717, 1.165) is 30.7 Å². The van der Waals surface area contributed by atoms with Crippen LogP contribution in [0.3, 0.4) is 0 Å². The highest BCUT2D eigenvalue weighted by atomic mass is 16.1. The average molecular weight is 326 g/mol. The fourth-order valence-corrected chi connectivity index (χ4v) is 2.12. The van der Waals surface area contributed by atoms with Crippen LogP contribution in [-0.2, 0) is 4.79 Å². The number of carbonyl (C=O) groups excluding carboxylic acids is 1. The molecule has 0 amide bonds. The van der Waals surface area contributed by atoms with Gasteiger partial charge in [0.1, 0.15) is 5.78 Å².